The number of aromatic nitrogens is 1. The van der Waals surface area contributed by atoms with Crippen molar-refractivity contribution >= 4 is 34.5 Å². The largest absolute Gasteiger partial charge is 0.416 e. The highest BCUT2D eigenvalue weighted by atomic mass is 35.5. The molecule has 0 bridgehead atoms. The number of carbonyl (C=O) groups is 1. The topological polar surface area (TPSA) is 42.0 Å². The van der Waals surface area contributed by atoms with Crippen LogP contribution in [0.3, 0.4) is 0 Å². The molecule has 0 radical (unpaired) electrons. The molecule has 0 aliphatic carbocycles. The van der Waals surface area contributed by atoms with Crippen LogP contribution < -0.4 is 5.32 Å². The molecule has 134 valence electrons. The Morgan fingerprint density at radius 3 is 2.54 bits per heavy atom. The zero-order valence-corrected chi connectivity index (χ0v) is 14.8. The van der Waals surface area contributed by atoms with Crippen LogP contribution in [0.15, 0.2) is 53.9 Å². The smallest absolute Gasteiger partial charge is 0.326 e. The van der Waals surface area contributed by atoms with Gasteiger partial charge in [-0.15, -0.1) is 11.3 Å². The Balaban J connectivity index is 1.64. The van der Waals surface area contributed by atoms with E-state index in [9.17, 15) is 18.0 Å². The van der Waals surface area contributed by atoms with E-state index in [1.807, 2.05) is 12.1 Å². The molecule has 0 saturated heterocycles. The van der Waals surface area contributed by atoms with E-state index in [0.29, 0.717) is 16.4 Å². The van der Waals surface area contributed by atoms with Gasteiger partial charge in [-0.05, 0) is 36.4 Å². The van der Waals surface area contributed by atoms with E-state index in [1.165, 1.54) is 23.5 Å². The van der Waals surface area contributed by atoms with Gasteiger partial charge in [-0.25, -0.2) is 4.98 Å². The molecule has 1 N–H and O–H groups in total. The van der Waals surface area contributed by atoms with Crippen molar-refractivity contribution in [2.45, 2.75) is 12.6 Å². The third kappa shape index (κ3) is 4.62. The third-order valence-corrected chi connectivity index (χ3v) is 4.64. The van der Waals surface area contributed by atoms with Gasteiger partial charge in [0.1, 0.15) is 5.01 Å². The van der Waals surface area contributed by atoms with Gasteiger partial charge in [0, 0.05) is 21.7 Å². The fraction of sp³-hybridized carbons (Fsp3) is 0.111. The van der Waals surface area contributed by atoms with Crippen molar-refractivity contribution in [1.29, 1.82) is 0 Å². The molecule has 3 rings (SSSR count). The standard InChI is InChI=1S/C18H12ClF3N2OS/c19-13-3-1-2-11(8-13)17-24-15(10-26-17)9-16(25)23-14-6-4-12(5-7-14)18(20,21)22/h1-8,10H,9H2,(H,23,25). The van der Waals surface area contributed by atoms with Crippen LogP contribution in [-0.4, -0.2) is 10.9 Å². The van der Waals surface area contributed by atoms with Crippen molar-refractivity contribution in [3.63, 3.8) is 0 Å². The summed E-state index contributed by atoms with van der Waals surface area (Å²) in [6.45, 7) is 0. The molecule has 1 heterocycles. The molecule has 1 aromatic heterocycles. The Hall–Kier alpha value is -2.38. The lowest BCUT2D eigenvalue weighted by Gasteiger charge is -2.08. The predicted octanol–water partition coefficient (Wildman–Crippen LogP) is 5.66. The van der Waals surface area contributed by atoms with Gasteiger partial charge >= 0.3 is 6.18 Å². The Kier molecular flexibility index (Phi) is 5.29. The number of hydrogen-bond acceptors (Lipinski definition) is 3. The first-order valence-electron chi connectivity index (χ1n) is 7.49. The summed E-state index contributed by atoms with van der Waals surface area (Å²) in [6.07, 6.45) is -4.38. The second kappa shape index (κ2) is 7.47. The Morgan fingerprint density at radius 1 is 1.15 bits per heavy atom. The fourth-order valence-corrected chi connectivity index (χ4v) is 3.26. The molecule has 0 fully saturated rings. The van der Waals surface area contributed by atoms with Crippen LogP contribution in [0.2, 0.25) is 5.02 Å². The highest BCUT2D eigenvalue weighted by Crippen LogP contribution is 2.30. The maximum Gasteiger partial charge on any atom is 0.416 e. The summed E-state index contributed by atoms with van der Waals surface area (Å²) < 4.78 is 37.6. The summed E-state index contributed by atoms with van der Waals surface area (Å²) in [5.74, 6) is -0.354. The summed E-state index contributed by atoms with van der Waals surface area (Å²) in [7, 11) is 0. The molecule has 0 saturated carbocycles. The SMILES string of the molecule is O=C(Cc1csc(-c2cccc(Cl)c2)n1)Nc1ccc(C(F)(F)F)cc1. The van der Waals surface area contributed by atoms with Gasteiger partial charge < -0.3 is 5.32 Å². The lowest BCUT2D eigenvalue weighted by molar-refractivity contribution is -0.137. The minimum absolute atomic E-state index is 0.0259. The average Bonchev–Trinajstić information content (AvgIpc) is 3.03. The molecule has 0 unspecified atom stereocenters. The summed E-state index contributed by atoms with van der Waals surface area (Å²) >= 11 is 7.35. The van der Waals surface area contributed by atoms with Gasteiger partial charge in [-0.1, -0.05) is 23.7 Å². The van der Waals surface area contributed by atoms with Crippen molar-refractivity contribution in [2.75, 3.05) is 5.32 Å². The minimum atomic E-state index is -4.40. The van der Waals surface area contributed by atoms with Gasteiger partial charge in [0.2, 0.25) is 5.91 Å². The van der Waals surface area contributed by atoms with Gasteiger partial charge in [0.05, 0.1) is 17.7 Å². The number of hydrogen-bond donors (Lipinski definition) is 1. The van der Waals surface area contributed by atoms with E-state index in [4.69, 9.17) is 11.6 Å². The van der Waals surface area contributed by atoms with Crippen LogP contribution in [0.4, 0.5) is 18.9 Å². The normalized spacial score (nSPS) is 11.4. The number of amides is 1. The highest BCUT2D eigenvalue weighted by Gasteiger charge is 2.29. The van der Waals surface area contributed by atoms with E-state index >= 15 is 0 Å². The number of rotatable bonds is 4. The Morgan fingerprint density at radius 2 is 1.88 bits per heavy atom. The van der Waals surface area contributed by atoms with Gasteiger partial charge in [0.25, 0.3) is 0 Å². The van der Waals surface area contributed by atoms with E-state index in [1.54, 1.807) is 17.5 Å². The van der Waals surface area contributed by atoms with Crippen LogP contribution in [0.1, 0.15) is 11.3 Å². The molecule has 2 aromatic carbocycles. The molecule has 0 aliphatic heterocycles. The first-order valence-corrected chi connectivity index (χ1v) is 8.74. The first-order chi connectivity index (χ1) is 12.3. The molecule has 3 aromatic rings. The molecular weight excluding hydrogens is 385 g/mol. The average molecular weight is 397 g/mol. The number of anilines is 1. The molecule has 0 aliphatic rings. The molecular formula is C18H12ClF3N2OS. The van der Waals surface area contributed by atoms with E-state index in [0.717, 1.165) is 22.7 Å². The highest BCUT2D eigenvalue weighted by molar-refractivity contribution is 7.13. The van der Waals surface area contributed by atoms with E-state index in [-0.39, 0.29) is 12.3 Å². The van der Waals surface area contributed by atoms with Crippen LogP contribution in [0.5, 0.6) is 0 Å². The second-order valence-electron chi connectivity index (χ2n) is 5.45. The lowest BCUT2D eigenvalue weighted by atomic mass is 10.2. The van der Waals surface area contributed by atoms with E-state index < -0.39 is 11.7 Å². The van der Waals surface area contributed by atoms with Crippen molar-refractivity contribution in [3.8, 4) is 10.6 Å². The third-order valence-electron chi connectivity index (χ3n) is 3.46. The zero-order valence-electron chi connectivity index (χ0n) is 13.2. The monoisotopic (exact) mass is 396 g/mol. The van der Waals surface area contributed by atoms with Gasteiger partial charge in [-0.3, -0.25) is 4.79 Å². The lowest BCUT2D eigenvalue weighted by Crippen LogP contribution is -2.15. The van der Waals surface area contributed by atoms with Crippen molar-refractivity contribution < 1.29 is 18.0 Å². The zero-order chi connectivity index (χ0) is 18.7. The number of benzene rings is 2. The van der Waals surface area contributed by atoms with Crippen molar-refractivity contribution in [3.05, 3.63) is 70.2 Å². The maximum atomic E-state index is 12.5. The molecule has 3 nitrogen and oxygen atoms in total. The summed E-state index contributed by atoms with van der Waals surface area (Å²) in [6, 6.07) is 11.5. The maximum absolute atomic E-state index is 12.5. The molecule has 1 amide bonds. The number of thiazole rings is 1. The van der Waals surface area contributed by atoms with E-state index in [2.05, 4.69) is 10.3 Å². The summed E-state index contributed by atoms with van der Waals surface area (Å²) in [4.78, 5) is 16.5. The fourth-order valence-electron chi connectivity index (χ4n) is 2.25. The minimum Gasteiger partial charge on any atom is -0.326 e. The molecule has 0 atom stereocenters. The number of nitrogens with zero attached hydrogens (tertiary/aromatic N) is 1. The number of halogens is 4. The summed E-state index contributed by atoms with van der Waals surface area (Å²) in [5, 5.41) is 5.67. The van der Waals surface area contributed by atoms with Crippen LogP contribution in [0, 0.1) is 0 Å². The molecule has 0 spiro atoms. The predicted molar refractivity (Wildman–Crippen MR) is 96.3 cm³/mol. The Bertz CT molecular complexity index is 923. The number of alkyl halides is 3. The molecule has 26 heavy (non-hydrogen) atoms. The van der Waals surface area contributed by atoms with Gasteiger partial charge in [0.15, 0.2) is 0 Å². The van der Waals surface area contributed by atoms with Crippen LogP contribution in [-0.2, 0) is 17.4 Å². The van der Waals surface area contributed by atoms with Gasteiger partial charge in [-0.2, -0.15) is 13.2 Å². The van der Waals surface area contributed by atoms with Crippen molar-refractivity contribution in [2.24, 2.45) is 0 Å². The first kappa shape index (κ1) is 18.4. The van der Waals surface area contributed by atoms with Crippen LogP contribution >= 0.6 is 22.9 Å². The van der Waals surface area contributed by atoms with Crippen molar-refractivity contribution in [1.82, 2.24) is 4.98 Å². The number of carbonyl (C=O) groups excluding carboxylic acids is 1. The number of nitrogens with one attached hydrogen (secondary N) is 1. The Labute approximate surface area is 156 Å². The quantitative estimate of drug-likeness (QED) is 0.618. The second-order valence-corrected chi connectivity index (χ2v) is 6.75. The molecule has 8 heteroatoms. The summed E-state index contributed by atoms with van der Waals surface area (Å²) in [5.41, 5.74) is 0.973. The van der Waals surface area contributed by atoms with Crippen LogP contribution in [0.25, 0.3) is 10.6 Å².